The summed E-state index contributed by atoms with van der Waals surface area (Å²) in [7, 11) is 4.94. The van der Waals surface area contributed by atoms with Crippen molar-refractivity contribution in [1.82, 2.24) is 18.7 Å². The lowest BCUT2D eigenvalue weighted by Crippen LogP contribution is -2.39. The number of methoxy groups -OCH3 is 2. The van der Waals surface area contributed by atoms with Gasteiger partial charge < -0.3 is 19.4 Å². The fraction of sp³-hybridized carbons (Fsp3) is 0.421. The van der Waals surface area contributed by atoms with Crippen LogP contribution >= 0.6 is 0 Å². The van der Waals surface area contributed by atoms with Crippen LogP contribution in [-0.4, -0.2) is 32.9 Å². The Kier molecular flexibility index (Phi) is 5.43. The van der Waals surface area contributed by atoms with Crippen molar-refractivity contribution in [3.8, 4) is 11.5 Å². The quantitative estimate of drug-likeness (QED) is 0.662. The van der Waals surface area contributed by atoms with Crippen molar-refractivity contribution in [1.29, 1.82) is 0 Å². The van der Waals surface area contributed by atoms with E-state index in [0.29, 0.717) is 48.2 Å². The molecule has 3 aromatic rings. The second-order valence-corrected chi connectivity index (χ2v) is 6.29. The highest BCUT2D eigenvalue weighted by molar-refractivity contribution is 5.74. The monoisotopic (exact) mass is 387 g/mol. The standard InChI is InChI=1S/C19H25N5O4/c1-6-23-16-15(17(25)24(7-2)19(23)26)22(3)18(21-16)20-11-12-8-9-13(27-4)14(10-12)28-5/h8-10H,6-7,11H2,1-5H3,(H,20,21). The minimum absolute atomic E-state index is 0.313. The van der Waals surface area contributed by atoms with Gasteiger partial charge in [0.25, 0.3) is 5.56 Å². The summed E-state index contributed by atoms with van der Waals surface area (Å²) in [5, 5.41) is 3.23. The number of ether oxygens (including phenoxy) is 2. The molecule has 0 bridgehead atoms. The van der Waals surface area contributed by atoms with Gasteiger partial charge in [-0.15, -0.1) is 0 Å². The zero-order valence-corrected chi connectivity index (χ0v) is 16.8. The van der Waals surface area contributed by atoms with Crippen LogP contribution in [0.2, 0.25) is 0 Å². The lowest BCUT2D eigenvalue weighted by atomic mass is 10.2. The third kappa shape index (κ3) is 3.12. The smallest absolute Gasteiger partial charge is 0.332 e. The number of fused-ring (bicyclic) bond motifs is 1. The molecule has 9 nitrogen and oxygen atoms in total. The third-order valence-electron chi connectivity index (χ3n) is 4.77. The molecule has 0 spiro atoms. The minimum Gasteiger partial charge on any atom is -0.493 e. The van der Waals surface area contributed by atoms with Gasteiger partial charge in [-0.3, -0.25) is 13.9 Å². The van der Waals surface area contributed by atoms with Gasteiger partial charge in [-0.05, 0) is 31.5 Å². The van der Waals surface area contributed by atoms with E-state index < -0.39 is 0 Å². The minimum atomic E-state index is -0.341. The summed E-state index contributed by atoms with van der Waals surface area (Å²) in [6, 6.07) is 5.63. The van der Waals surface area contributed by atoms with Crippen molar-refractivity contribution < 1.29 is 9.47 Å². The Morgan fingerprint density at radius 3 is 2.32 bits per heavy atom. The van der Waals surface area contributed by atoms with E-state index in [0.717, 1.165) is 5.56 Å². The number of nitrogens with one attached hydrogen (secondary N) is 1. The van der Waals surface area contributed by atoms with E-state index in [4.69, 9.17) is 9.47 Å². The van der Waals surface area contributed by atoms with E-state index in [2.05, 4.69) is 10.3 Å². The van der Waals surface area contributed by atoms with E-state index in [1.807, 2.05) is 25.1 Å². The number of anilines is 1. The molecule has 1 N–H and O–H groups in total. The summed E-state index contributed by atoms with van der Waals surface area (Å²) in [5.41, 5.74) is 1.08. The van der Waals surface area contributed by atoms with Crippen molar-refractivity contribution in [2.24, 2.45) is 7.05 Å². The summed E-state index contributed by atoms with van der Waals surface area (Å²) >= 11 is 0. The molecule has 0 aliphatic rings. The van der Waals surface area contributed by atoms with Crippen molar-refractivity contribution in [3.05, 3.63) is 44.6 Å². The number of benzene rings is 1. The van der Waals surface area contributed by atoms with Crippen LogP contribution in [-0.2, 0) is 26.7 Å². The molecule has 2 aromatic heterocycles. The third-order valence-corrected chi connectivity index (χ3v) is 4.77. The lowest BCUT2D eigenvalue weighted by Gasteiger charge is -2.10. The molecule has 0 atom stereocenters. The Morgan fingerprint density at radius 1 is 1.04 bits per heavy atom. The molecule has 3 rings (SSSR count). The van der Waals surface area contributed by atoms with Gasteiger partial charge in [0, 0.05) is 26.7 Å². The zero-order valence-electron chi connectivity index (χ0n) is 16.8. The second kappa shape index (κ2) is 7.79. The Morgan fingerprint density at radius 2 is 1.71 bits per heavy atom. The highest BCUT2D eigenvalue weighted by atomic mass is 16.5. The molecule has 0 aliphatic heterocycles. The molecule has 0 saturated heterocycles. The second-order valence-electron chi connectivity index (χ2n) is 6.29. The Labute approximate surface area is 162 Å². The van der Waals surface area contributed by atoms with E-state index in [1.54, 1.807) is 32.8 Å². The number of aryl methyl sites for hydroxylation is 2. The van der Waals surface area contributed by atoms with Crippen LogP contribution in [0.3, 0.4) is 0 Å². The average molecular weight is 387 g/mol. The number of rotatable bonds is 7. The topological polar surface area (TPSA) is 92.3 Å². The van der Waals surface area contributed by atoms with Gasteiger partial charge in [-0.1, -0.05) is 6.07 Å². The van der Waals surface area contributed by atoms with Crippen LogP contribution in [0.1, 0.15) is 19.4 Å². The number of hydrogen-bond acceptors (Lipinski definition) is 6. The van der Waals surface area contributed by atoms with E-state index in [1.165, 1.54) is 9.13 Å². The van der Waals surface area contributed by atoms with Gasteiger partial charge in [0.2, 0.25) is 5.95 Å². The number of aromatic nitrogens is 4. The van der Waals surface area contributed by atoms with E-state index in [9.17, 15) is 9.59 Å². The molecule has 9 heteroatoms. The highest BCUT2D eigenvalue weighted by Crippen LogP contribution is 2.27. The first-order valence-corrected chi connectivity index (χ1v) is 9.11. The van der Waals surface area contributed by atoms with Crippen LogP contribution in [0.15, 0.2) is 27.8 Å². The summed E-state index contributed by atoms with van der Waals surface area (Å²) in [5.74, 6) is 1.80. The molecule has 0 unspecified atom stereocenters. The van der Waals surface area contributed by atoms with Gasteiger partial charge >= 0.3 is 5.69 Å². The number of hydrogen-bond donors (Lipinski definition) is 1. The van der Waals surface area contributed by atoms with Gasteiger partial charge in [0.15, 0.2) is 22.7 Å². The van der Waals surface area contributed by atoms with Gasteiger partial charge in [-0.2, -0.15) is 4.98 Å². The maximum Gasteiger partial charge on any atom is 0.332 e. The number of nitrogens with zero attached hydrogens (tertiary/aromatic N) is 4. The SMILES string of the molecule is CCn1c(=O)c2c(nc(NCc3ccc(OC)c(OC)c3)n2C)n(CC)c1=O. The zero-order chi connectivity index (χ0) is 20.4. The Hall–Kier alpha value is -3.23. The highest BCUT2D eigenvalue weighted by Gasteiger charge is 2.18. The molecule has 1 aromatic carbocycles. The fourth-order valence-corrected chi connectivity index (χ4v) is 3.26. The Bertz CT molecular complexity index is 1130. The lowest BCUT2D eigenvalue weighted by molar-refractivity contribution is 0.354. The summed E-state index contributed by atoms with van der Waals surface area (Å²) in [6.07, 6.45) is 0. The van der Waals surface area contributed by atoms with Crippen LogP contribution in [0.5, 0.6) is 11.5 Å². The normalized spacial score (nSPS) is 11.0. The molecule has 150 valence electrons. The predicted octanol–water partition coefficient (Wildman–Crippen LogP) is 1.57. The molecule has 0 amide bonds. The van der Waals surface area contributed by atoms with Crippen LogP contribution < -0.4 is 26.0 Å². The molecule has 0 radical (unpaired) electrons. The summed E-state index contributed by atoms with van der Waals surface area (Å²) in [4.78, 5) is 29.8. The fourth-order valence-electron chi connectivity index (χ4n) is 3.26. The molecule has 28 heavy (non-hydrogen) atoms. The molecule has 0 aliphatic carbocycles. The van der Waals surface area contributed by atoms with Gasteiger partial charge in [0.1, 0.15) is 0 Å². The first kappa shape index (κ1) is 19.5. The molecular formula is C19H25N5O4. The van der Waals surface area contributed by atoms with E-state index in [-0.39, 0.29) is 11.2 Å². The summed E-state index contributed by atoms with van der Waals surface area (Å²) in [6.45, 7) is 4.85. The summed E-state index contributed by atoms with van der Waals surface area (Å²) < 4.78 is 15.0. The molecular weight excluding hydrogens is 362 g/mol. The van der Waals surface area contributed by atoms with Crippen LogP contribution in [0, 0.1) is 0 Å². The van der Waals surface area contributed by atoms with Gasteiger partial charge in [0.05, 0.1) is 14.2 Å². The predicted molar refractivity (Wildman–Crippen MR) is 107 cm³/mol. The van der Waals surface area contributed by atoms with Crippen molar-refractivity contribution >= 4 is 17.1 Å². The Balaban J connectivity index is 2.01. The molecule has 0 fully saturated rings. The van der Waals surface area contributed by atoms with Crippen molar-refractivity contribution in [3.63, 3.8) is 0 Å². The van der Waals surface area contributed by atoms with Gasteiger partial charge in [-0.25, -0.2) is 4.79 Å². The van der Waals surface area contributed by atoms with E-state index >= 15 is 0 Å². The maximum atomic E-state index is 12.7. The van der Waals surface area contributed by atoms with Crippen LogP contribution in [0.4, 0.5) is 5.95 Å². The number of imidazole rings is 1. The van der Waals surface area contributed by atoms with Crippen LogP contribution in [0.25, 0.3) is 11.2 Å². The first-order valence-electron chi connectivity index (χ1n) is 9.11. The maximum absolute atomic E-state index is 12.7. The molecule has 2 heterocycles. The largest absolute Gasteiger partial charge is 0.493 e. The van der Waals surface area contributed by atoms with Crippen molar-refractivity contribution in [2.75, 3.05) is 19.5 Å². The molecule has 0 saturated carbocycles. The van der Waals surface area contributed by atoms with Crippen molar-refractivity contribution in [2.45, 2.75) is 33.5 Å². The average Bonchev–Trinajstić information content (AvgIpc) is 3.03. The first-order chi connectivity index (χ1) is 13.5.